The normalized spacial score (nSPS) is 15.4. The Bertz CT molecular complexity index is 574. The van der Waals surface area contributed by atoms with Gasteiger partial charge < -0.3 is 15.5 Å². The maximum absolute atomic E-state index is 12.2. The van der Waals surface area contributed by atoms with Crippen molar-refractivity contribution in [2.45, 2.75) is 0 Å². The van der Waals surface area contributed by atoms with E-state index in [1.165, 1.54) is 0 Å². The van der Waals surface area contributed by atoms with Gasteiger partial charge in [-0.1, -0.05) is 0 Å². The molecule has 2 aromatic rings. The molecule has 1 aliphatic heterocycles. The van der Waals surface area contributed by atoms with Crippen molar-refractivity contribution in [1.29, 1.82) is 0 Å². The van der Waals surface area contributed by atoms with Crippen LogP contribution < -0.4 is 10.6 Å². The van der Waals surface area contributed by atoms with E-state index >= 15 is 0 Å². The maximum atomic E-state index is 12.2. The molecule has 5 nitrogen and oxygen atoms in total. The van der Waals surface area contributed by atoms with E-state index in [9.17, 15) is 4.79 Å². The Morgan fingerprint density at radius 2 is 2.00 bits per heavy atom. The predicted octanol–water partition coefficient (Wildman–Crippen LogP) is 1.69. The molecule has 104 valence electrons. The lowest BCUT2D eigenvalue weighted by Crippen LogP contribution is -2.48. The molecule has 1 fully saturated rings. The quantitative estimate of drug-likeness (QED) is 0.913. The van der Waals surface area contributed by atoms with E-state index < -0.39 is 0 Å². The van der Waals surface area contributed by atoms with Gasteiger partial charge in [-0.05, 0) is 23.6 Å². The molecule has 2 aromatic heterocycles. The fourth-order valence-corrected chi connectivity index (χ4v) is 2.95. The maximum Gasteiger partial charge on any atom is 0.254 e. The third-order valence-electron chi connectivity index (χ3n) is 3.47. The molecule has 6 heteroatoms. The molecular weight excluding hydrogens is 272 g/mol. The summed E-state index contributed by atoms with van der Waals surface area (Å²) in [6.07, 6.45) is 1.78. The molecule has 0 aromatic carbocycles. The molecule has 1 amide bonds. The van der Waals surface area contributed by atoms with E-state index in [4.69, 9.17) is 5.73 Å². The highest BCUT2D eigenvalue weighted by Crippen LogP contribution is 2.17. The molecule has 0 radical (unpaired) electrons. The van der Waals surface area contributed by atoms with Crippen LogP contribution in [0.3, 0.4) is 0 Å². The number of rotatable bonds is 2. The predicted molar refractivity (Wildman–Crippen MR) is 81.1 cm³/mol. The highest BCUT2D eigenvalue weighted by molar-refractivity contribution is 7.08. The number of carbonyl (C=O) groups excluding carboxylic acids is 1. The van der Waals surface area contributed by atoms with E-state index in [0.717, 1.165) is 37.4 Å². The van der Waals surface area contributed by atoms with Crippen LogP contribution in [-0.2, 0) is 0 Å². The lowest BCUT2D eigenvalue weighted by atomic mass is 10.2. The summed E-state index contributed by atoms with van der Waals surface area (Å²) < 4.78 is 0. The van der Waals surface area contributed by atoms with Crippen LogP contribution in [-0.4, -0.2) is 42.0 Å². The van der Waals surface area contributed by atoms with Crippen molar-refractivity contribution < 1.29 is 4.79 Å². The summed E-state index contributed by atoms with van der Waals surface area (Å²) >= 11 is 1.55. The molecule has 3 heterocycles. The topological polar surface area (TPSA) is 62.5 Å². The number of nitrogen functional groups attached to an aromatic ring is 1. The smallest absolute Gasteiger partial charge is 0.254 e. The highest BCUT2D eigenvalue weighted by Gasteiger charge is 2.22. The van der Waals surface area contributed by atoms with Crippen molar-refractivity contribution in [3.63, 3.8) is 0 Å². The van der Waals surface area contributed by atoms with Gasteiger partial charge in [-0.2, -0.15) is 11.3 Å². The average Bonchev–Trinajstić information content (AvgIpc) is 3.02. The lowest BCUT2D eigenvalue weighted by molar-refractivity contribution is 0.0747. The summed E-state index contributed by atoms with van der Waals surface area (Å²) in [5.74, 6) is 0.654. The van der Waals surface area contributed by atoms with Gasteiger partial charge in [-0.15, -0.1) is 0 Å². The average molecular weight is 288 g/mol. The summed E-state index contributed by atoms with van der Waals surface area (Å²) in [6, 6.07) is 5.65. The Kier molecular flexibility index (Phi) is 3.56. The van der Waals surface area contributed by atoms with Crippen LogP contribution in [0, 0.1) is 0 Å². The van der Waals surface area contributed by atoms with Crippen molar-refractivity contribution in [2.75, 3.05) is 36.8 Å². The van der Waals surface area contributed by atoms with E-state index in [0.29, 0.717) is 5.82 Å². The van der Waals surface area contributed by atoms with Gasteiger partial charge in [0.25, 0.3) is 5.91 Å². The van der Waals surface area contributed by atoms with E-state index in [2.05, 4.69) is 9.88 Å². The van der Waals surface area contributed by atoms with E-state index in [-0.39, 0.29) is 5.91 Å². The van der Waals surface area contributed by atoms with Crippen molar-refractivity contribution >= 4 is 28.7 Å². The Labute approximate surface area is 121 Å². The summed E-state index contributed by atoms with van der Waals surface area (Å²) in [5.41, 5.74) is 7.44. The van der Waals surface area contributed by atoms with Gasteiger partial charge >= 0.3 is 0 Å². The van der Waals surface area contributed by atoms with Crippen molar-refractivity contribution in [2.24, 2.45) is 0 Å². The minimum Gasteiger partial charge on any atom is -0.384 e. The zero-order chi connectivity index (χ0) is 13.9. The van der Waals surface area contributed by atoms with E-state index in [1.807, 2.05) is 27.8 Å². The molecule has 1 saturated heterocycles. The van der Waals surface area contributed by atoms with Crippen LogP contribution in [0.1, 0.15) is 10.4 Å². The second kappa shape index (κ2) is 5.50. The first-order valence-electron chi connectivity index (χ1n) is 6.52. The largest absolute Gasteiger partial charge is 0.384 e. The zero-order valence-corrected chi connectivity index (χ0v) is 11.8. The fraction of sp³-hybridized carbons (Fsp3) is 0.286. The van der Waals surface area contributed by atoms with Gasteiger partial charge in [0, 0.05) is 31.6 Å². The Morgan fingerprint density at radius 1 is 1.20 bits per heavy atom. The first-order valence-corrected chi connectivity index (χ1v) is 7.46. The third-order valence-corrected chi connectivity index (χ3v) is 4.15. The molecule has 0 spiro atoms. The SMILES string of the molecule is Nc1ccc(N2CCN(C(=O)c3ccsc3)CC2)cn1. The molecule has 20 heavy (non-hydrogen) atoms. The van der Waals surface area contributed by atoms with Crippen LogP contribution in [0.5, 0.6) is 0 Å². The summed E-state index contributed by atoms with van der Waals surface area (Å²) in [6.45, 7) is 3.11. The van der Waals surface area contributed by atoms with Crippen molar-refractivity contribution in [1.82, 2.24) is 9.88 Å². The van der Waals surface area contributed by atoms with E-state index in [1.54, 1.807) is 23.6 Å². The first kappa shape index (κ1) is 12.9. The minimum absolute atomic E-state index is 0.126. The van der Waals surface area contributed by atoms with Gasteiger partial charge in [0.1, 0.15) is 5.82 Å². The standard InChI is InChI=1S/C14H16N4OS/c15-13-2-1-12(9-16-13)17-4-6-18(7-5-17)14(19)11-3-8-20-10-11/h1-3,8-10H,4-7H2,(H2,15,16). The molecule has 3 rings (SSSR count). The number of amides is 1. The monoisotopic (exact) mass is 288 g/mol. The van der Waals surface area contributed by atoms with Crippen LogP contribution in [0.15, 0.2) is 35.2 Å². The van der Waals surface area contributed by atoms with Gasteiger partial charge in [-0.3, -0.25) is 4.79 Å². The number of nitrogens with zero attached hydrogens (tertiary/aromatic N) is 3. The number of pyridine rings is 1. The minimum atomic E-state index is 0.126. The summed E-state index contributed by atoms with van der Waals surface area (Å²) in [7, 11) is 0. The number of anilines is 2. The molecule has 0 saturated carbocycles. The molecule has 0 atom stereocenters. The number of thiophene rings is 1. The lowest BCUT2D eigenvalue weighted by Gasteiger charge is -2.35. The zero-order valence-electron chi connectivity index (χ0n) is 11.0. The third kappa shape index (κ3) is 2.60. The molecule has 1 aliphatic rings. The number of carbonyl (C=O) groups is 1. The van der Waals surface area contributed by atoms with Gasteiger partial charge in [0.05, 0.1) is 17.4 Å². The number of nitrogens with two attached hydrogens (primary N) is 1. The van der Waals surface area contributed by atoms with Crippen LogP contribution in [0.2, 0.25) is 0 Å². The van der Waals surface area contributed by atoms with Gasteiger partial charge in [0.15, 0.2) is 0 Å². The van der Waals surface area contributed by atoms with Crippen LogP contribution in [0.4, 0.5) is 11.5 Å². The number of hydrogen-bond acceptors (Lipinski definition) is 5. The van der Waals surface area contributed by atoms with Crippen molar-refractivity contribution in [3.05, 3.63) is 40.7 Å². The summed E-state index contributed by atoms with van der Waals surface area (Å²) in [4.78, 5) is 20.5. The number of piperazine rings is 1. The molecular formula is C14H16N4OS. The summed E-state index contributed by atoms with van der Waals surface area (Å²) in [5, 5.41) is 3.84. The second-order valence-electron chi connectivity index (χ2n) is 4.73. The molecule has 2 N–H and O–H groups in total. The first-order chi connectivity index (χ1) is 9.74. The highest BCUT2D eigenvalue weighted by atomic mass is 32.1. The van der Waals surface area contributed by atoms with Crippen LogP contribution >= 0.6 is 11.3 Å². The number of hydrogen-bond donors (Lipinski definition) is 1. The fourth-order valence-electron chi connectivity index (χ4n) is 2.32. The Hall–Kier alpha value is -2.08. The molecule has 0 bridgehead atoms. The second-order valence-corrected chi connectivity index (χ2v) is 5.51. The Balaban J connectivity index is 1.62. The van der Waals surface area contributed by atoms with Crippen molar-refractivity contribution in [3.8, 4) is 0 Å². The Morgan fingerprint density at radius 3 is 2.60 bits per heavy atom. The number of aromatic nitrogens is 1. The molecule has 0 aliphatic carbocycles. The molecule has 0 unspecified atom stereocenters. The van der Waals surface area contributed by atoms with Gasteiger partial charge in [0.2, 0.25) is 0 Å². The van der Waals surface area contributed by atoms with Crippen LogP contribution in [0.25, 0.3) is 0 Å². The van der Waals surface area contributed by atoms with Gasteiger partial charge in [-0.25, -0.2) is 4.98 Å².